The molecule has 0 aromatic heterocycles. The average Bonchev–Trinajstić information content (AvgIpc) is 2.97. The number of anilines is 1. The van der Waals surface area contributed by atoms with Gasteiger partial charge in [-0.05, 0) is 49.9 Å². The summed E-state index contributed by atoms with van der Waals surface area (Å²) in [4.78, 5) is 37.4. The number of amides is 2. The van der Waals surface area contributed by atoms with Crippen molar-refractivity contribution in [1.29, 1.82) is 0 Å². The highest BCUT2D eigenvalue weighted by molar-refractivity contribution is 5.95. The smallest absolute Gasteiger partial charge is 0.342 e. The van der Waals surface area contributed by atoms with Crippen LogP contribution in [0.5, 0.6) is 5.75 Å². The molecule has 204 valence electrons. The van der Waals surface area contributed by atoms with Crippen LogP contribution in [-0.4, -0.2) is 75.6 Å². The van der Waals surface area contributed by atoms with Crippen LogP contribution in [0.3, 0.4) is 0 Å². The fourth-order valence-electron chi connectivity index (χ4n) is 6.16. The van der Waals surface area contributed by atoms with Gasteiger partial charge in [-0.3, -0.25) is 4.79 Å². The molecular weight excluding hydrogens is 492 g/mol. The Morgan fingerprint density at radius 2 is 1.84 bits per heavy atom. The molecule has 2 aliphatic rings. The van der Waals surface area contributed by atoms with Gasteiger partial charge in [-0.15, -0.1) is 0 Å². The van der Waals surface area contributed by atoms with Crippen molar-refractivity contribution in [3.05, 3.63) is 59.2 Å². The minimum absolute atomic E-state index is 0.0556. The molecule has 8 N–H and O–H groups in total. The summed E-state index contributed by atoms with van der Waals surface area (Å²) in [7, 11) is 1.42. The van der Waals surface area contributed by atoms with Crippen molar-refractivity contribution in [2.45, 2.75) is 56.0 Å². The summed E-state index contributed by atoms with van der Waals surface area (Å²) in [6.45, 7) is 4.14. The number of esters is 1. The Morgan fingerprint density at radius 3 is 2.45 bits per heavy atom. The molecule has 2 aromatic carbocycles. The van der Waals surface area contributed by atoms with E-state index in [0.717, 1.165) is 0 Å². The lowest BCUT2D eigenvalue weighted by Gasteiger charge is -2.61. The zero-order valence-corrected chi connectivity index (χ0v) is 21.7. The number of ether oxygens (including phenoxy) is 1. The van der Waals surface area contributed by atoms with Gasteiger partial charge in [-0.2, -0.15) is 0 Å². The number of fused-ring (bicyclic) bond motifs is 1. The number of rotatable bonds is 7. The molecule has 2 aliphatic carbocycles. The standard InChI is InChI=1S/C27H34N4O7/c1-14-7-5-10-19(33)20(14)23(34)38-13-25(36)22(30-18-9-6-8-17(11-18)16(3)32)21(28)27(31-24(35)29-4)15(2)12-26(25,27)37/h5-11,15,21-22,30,33,36-37H,12-13,28H2,1-4H3,(H2,29,31,35)/t15-,21+,22+,25-,26+,27+/m1/s1. The van der Waals surface area contributed by atoms with E-state index in [4.69, 9.17) is 10.5 Å². The molecule has 4 rings (SSSR count). The van der Waals surface area contributed by atoms with E-state index in [1.165, 1.54) is 20.0 Å². The molecule has 11 nitrogen and oxygen atoms in total. The summed E-state index contributed by atoms with van der Waals surface area (Å²) in [5.41, 5.74) is 2.29. The maximum Gasteiger partial charge on any atom is 0.342 e. The van der Waals surface area contributed by atoms with Gasteiger partial charge in [-0.1, -0.05) is 31.2 Å². The van der Waals surface area contributed by atoms with Gasteiger partial charge in [0.25, 0.3) is 0 Å². The molecule has 0 saturated heterocycles. The predicted molar refractivity (Wildman–Crippen MR) is 139 cm³/mol. The second-order valence-corrected chi connectivity index (χ2v) is 10.3. The number of hydrogen-bond donors (Lipinski definition) is 7. The topological polar surface area (TPSA) is 183 Å². The Kier molecular flexibility index (Phi) is 6.89. The molecule has 0 aliphatic heterocycles. The van der Waals surface area contributed by atoms with Gasteiger partial charge in [0.2, 0.25) is 0 Å². The van der Waals surface area contributed by atoms with Crippen molar-refractivity contribution in [3.8, 4) is 5.75 Å². The summed E-state index contributed by atoms with van der Waals surface area (Å²) in [5.74, 6) is -1.70. The molecular formula is C27H34N4O7. The largest absolute Gasteiger partial charge is 0.507 e. The Balaban J connectivity index is 1.75. The summed E-state index contributed by atoms with van der Waals surface area (Å²) < 4.78 is 5.50. The number of carbonyl (C=O) groups excluding carboxylic acids is 3. The normalized spacial score (nSPS) is 31.5. The van der Waals surface area contributed by atoms with Crippen LogP contribution in [-0.2, 0) is 4.74 Å². The maximum absolute atomic E-state index is 13.0. The van der Waals surface area contributed by atoms with Crippen LogP contribution in [0.4, 0.5) is 10.5 Å². The number of nitrogens with one attached hydrogen (secondary N) is 3. The molecule has 6 atom stereocenters. The van der Waals surface area contributed by atoms with E-state index < -0.39 is 47.4 Å². The fraction of sp³-hybridized carbons (Fsp3) is 0.444. The van der Waals surface area contributed by atoms with E-state index >= 15 is 0 Å². The van der Waals surface area contributed by atoms with Crippen molar-refractivity contribution in [2.24, 2.45) is 11.7 Å². The Labute approximate surface area is 220 Å². The van der Waals surface area contributed by atoms with E-state index in [1.807, 2.05) is 0 Å². The van der Waals surface area contributed by atoms with Gasteiger partial charge in [0, 0.05) is 18.3 Å². The Hall–Kier alpha value is -3.67. The first-order valence-electron chi connectivity index (χ1n) is 12.4. The van der Waals surface area contributed by atoms with Crippen LogP contribution in [0.1, 0.15) is 46.5 Å². The van der Waals surface area contributed by atoms with Gasteiger partial charge in [-0.25, -0.2) is 9.59 Å². The highest BCUT2D eigenvalue weighted by atomic mass is 16.5. The molecule has 0 bridgehead atoms. The third kappa shape index (κ3) is 3.89. The van der Waals surface area contributed by atoms with E-state index in [1.54, 1.807) is 50.2 Å². The number of aromatic hydroxyl groups is 1. The highest BCUT2D eigenvalue weighted by Crippen LogP contribution is 2.61. The van der Waals surface area contributed by atoms with Crippen molar-refractivity contribution < 1.29 is 34.4 Å². The van der Waals surface area contributed by atoms with E-state index in [0.29, 0.717) is 16.8 Å². The van der Waals surface area contributed by atoms with Crippen LogP contribution in [0, 0.1) is 12.8 Å². The lowest BCUT2D eigenvalue weighted by molar-refractivity contribution is -0.242. The first-order valence-corrected chi connectivity index (χ1v) is 12.4. The molecule has 0 spiro atoms. The molecule has 2 fully saturated rings. The lowest BCUT2D eigenvalue weighted by atomic mass is 9.53. The zero-order chi connectivity index (χ0) is 28.0. The number of Topliss-reactive ketones (excluding diaryl/α,β-unsaturated/α-hetero) is 1. The summed E-state index contributed by atoms with van der Waals surface area (Å²) >= 11 is 0. The van der Waals surface area contributed by atoms with Crippen LogP contribution >= 0.6 is 0 Å². The van der Waals surface area contributed by atoms with Crippen molar-refractivity contribution in [1.82, 2.24) is 10.6 Å². The molecule has 2 saturated carbocycles. The van der Waals surface area contributed by atoms with E-state index in [-0.39, 0.29) is 29.4 Å². The number of phenolic OH excluding ortho intramolecular Hbond substituents is 1. The van der Waals surface area contributed by atoms with Gasteiger partial charge < -0.3 is 41.7 Å². The number of benzene rings is 2. The van der Waals surface area contributed by atoms with Crippen molar-refractivity contribution >= 4 is 23.5 Å². The molecule has 0 heterocycles. The van der Waals surface area contributed by atoms with Gasteiger partial charge in [0.15, 0.2) is 11.4 Å². The number of urea groups is 1. The number of carbonyl (C=O) groups is 3. The molecule has 0 radical (unpaired) electrons. The SMILES string of the molecule is CNC(=O)N[C@]12[C@H](C)C[C@]1(O)[C@@](O)(COC(=O)c1c(C)cccc1O)[C@@H](Nc1cccc(C(C)=O)c1)[C@@H]2N. The predicted octanol–water partition coefficient (Wildman–Crippen LogP) is 1.05. The number of hydrogen-bond acceptors (Lipinski definition) is 9. The van der Waals surface area contributed by atoms with Gasteiger partial charge in [0.05, 0.1) is 17.6 Å². The third-order valence-electron chi connectivity index (χ3n) is 8.20. The number of aryl methyl sites for hydroxylation is 1. The average molecular weight is 527 g/mol. The number of ketones is 1. The third-order valence-corrected chi connectivity index (χ3v) is 8.20. The lowest BCUT2D eigenvalue weighted by Crippen LogP contribution is -2.83. The van der Waals surface area contributed by atoms with E-state index in [2.05, 4.69) is 16.0 Å². The molecule has 0 unspecified atom stereocenters. The van der Waals surface area contributed by atoms with Crippen molar-refractivity contribution in [2.75, 3.05) is 19.0 Å². The van der Waals surface area contributed by atoms with Crippen molar-refractivity contribution in [3.63, 3.8) is 0 Å². The quantitative estimate of drug-likeness (QED) is 0.205. The molecule has 2 aromatic rings. The first-order chi connectivity index (χ1) is 17.8. The molecule has 38 heavy (non-hydrogen) atoms. The summed E-state index contributed by atoms with van der Waals surface area (Å²) in [5, 5.41) is 42.7. The zero-order valence-electron chi connectivity index (χ0n) is 21.7. The first kappa shape index (κ1) is 27.4. The number of aliphatic hydroxyl groups is 2. The number of phenols is 1. The maximum atomic E-state index is 13.0. The van der Waals surface area contributed by atoms with Crippen LogP contribution in [0.15, 0.2) is 42.5 Å². The molecule has 11 heteroatoms. The monoisotopic (exact) mass is 526 g/mol. The Bertz CT molecular complexity index is 1270. The van der Waals surface area contributed by atoms with Crippen LogP contribution in [0.25, 0.3) is 0 Å². The summed E-state index contributed by atoms with van der Waals surface area (Å²) in [6.07, 6.45) is 0.0556. The minimum Gasteiger partial charge on any atom is -0.507 e. The Morgan fingerprint density at radius 1 is 1.16 bits per heavy atom. The van der Waals surface area contributed by atoms with E-state index in [9.17, 15) is 29.7 Å². The minimum atomic E-state index is -2.18. The number of nitrogens with two attached hydrogens (primary N) is 1. The highest BCUT2D eigenvalue weighted by Gasteiger charge is 2.83. The molecule has 2 amide bonds. The van der Waals surface area contributed by atoms with Crippen LogP contribution in [0.2, 0.25) is 0 Å². The van der Waals surface area contributed by atoms with Crippen LogP contribution < -0.4 is 21.7 Å². The van der Waals surface area contributed by atoms with Gasteiger partial charge in [0.1, 0.15) is 23.5 Å². The summed E-state index contributed by atoms with van der Waals surface area (Å²) in [6, 6.07) is 8.31. The second kappa shape index (κ2) is 9.57. The van der Waals surface area contributed by atoms with Gasteiger partial charge >= 0.3 is 12.0 Å². The second-order valence-electron chi connectivity index (χ2n) is 10.3. The fourth-order valence-corrected chi connectivity index (χ4v) is 6.16.